The maximum Gasteiger partial charge on any atom is 0.373 e. The number of carboxylic acids is 1. The summed E-state index contributed by atoms with van der Waals surface area (Å²) >= 11 is 0. The number of aromatic nitrogens is 2. The van der Waals surface area contributed by atoms with Crippen molar-refractivity contribution in [1.82, 2.24) is 9.97 Å². The van der Waals surface area contributed by atoms with E-state index in [1.54, 1.807) is 0 Å². The second-order valence-electron chi connectivity index (χ2n) is 3.46. The maximum absolute atomic E-state index is 11.7. The molecule has 1 heterocycles. The number of hydrogen-bond acceptors (Lipinski definition) is 6. The van der Waals surface area contributed by atoms with E-state index in [0.717, 1.165) is 6.20 Å². The Kier molecular flexibility index (Phi) is 3.37. The van der Waals surface area contributed by atoms with Gasteiger partial charge < -0.3 is 14.9 Å². The summed E-state index contributed by atoms with van der Waals surface area (Å²) in [6.07, 6.45) is 1.15. The first kappa shape index (κ1) is 12.5. The van der Waals surface area contributed by atoms with Gasteiger partial charge in [0.1, 0.15) is 11.5 Å². The number of carboxylic acid groups (broad SMARTS) is 1. The van der Waals surface area contributed by atoms with Gasteiger partial charge in [-0.05, 0) is 18.2 Å². The number of nitrogens with zero attached hydrogens (tertiary/aromatic N) is 2. The Bertz CT molecular complexity index is 642. The highest BCUT2D eigenvalue weighted by Crippen LogP contribution is 2.18. The Morgan fingerprint density at radius 2 is 2.00 bits per heavy atom. The molecule has 0 bridgehead atoms. The average Bonchev–Trinajstić information content (AvgIpc) is 2.39. The normalized spacial score (nSPS) is 9.89. The van der Waals surface area contributed by atoms with Crippen LogP contribution >= 0.6 is 0 Å². The molecular weight excluding hydrogens is 252 g/mol. The molecule has 19 heavy (non-hydrogen) atoms. The van der Waals surface area contributed by atoms with Crippen molar-refractivity contribution < 1.29 is 24.5 Å². The van der Waals surface area contributed by atoms with Gasteiger partial charge in [0.25, 0.3) is 0 Å². The molecule has 2 rings (SSSR count). The van der Waals surface area contributed by atoms with Crippen molar-refractivity contribution in [2.75, 3.05) is 0 Å². The Balaban J connectivity index is 2.20. The van der Waals surface area contributed by atoms with Crippen LogP contribution in [0.2, 0.25) is 0 Å². The van der Waals surface area contributed by atoms with Crippen molar-refractivity contribution in [3.8, 4) is 11.5 Å². The zero-order valence-corrected chi connectivity index (χ0v) is 9.48. The van der Waals surface area contributed by atoms with Gasteiger partial charge in [-0.15, -0.1) is 0 Å². The molecule has 0 fully saturated rings. The number of benzene rings is 1. The minimum absolute atomic E-state index is 0.0563. The van der Waals surface area contributed by atoms with Gasteiger partial charge in [-0.3, -0.25) is 0 Å². The molecule has 96 valence electrons. The van der Waals surface area contributed by atoms with E-state index >= 15 is 0 Å². The lowest BCUT2D eigenvalue weighted by Crippen LogP contribution is -2.14. The highest BCUT2D eigenvalue weighted by atomic mass is 16.5. The zero-order chi connectivity index (χ0) is 13.8. The van der Waals surface area contributed by atoms with Gasteiger partial charge in [0, 0.05) is 12.3 Å². The number of carbonyl (C=O) groups is 2. The summed E-state index contributed by atoms with van der Waals surface area (Å²) in [6.45, 7) is 0. The molecule has 7 nitrogen and oxygen atoms in total. The first-order valence-electron chi connectivity index (χ1n) is 5.14. The molecule has 0 amide bonds. The van der Waals surface area contributed by atoms with Crippen molar-refractivity contribution in [2.24, 2.45) is 0 Å². The van der Waals surface area contributed by atoms with Gasteiger partial charge in [-0.2, -0.15) is 0 Å². The average molecular weight is 260 g/mol. The van der Waals surface area contributed by atoms with Gasteiger partial charge in [0.2, 0.25) is 5.82 Å². The van der Waals surface area contributed by atoms with Crippen LogP contribution in [0.5, 0.6) is 11.5 Å². The molecule has 1 aromatic carbocycles. The molecule has 0 aliphatic rings. The number of phenols is 1. The van der Waals surface area contributed by atoms with E-state index in [1.807, 2.05) is 0 Å². The Hall–Kier alpha value is -2.96. The summed E-state index contributed by atoms with van der Waals surface area (Å²) in [5.74, 6) is -2.60. The molecule has 2 N–H and O–H groups in total. The number of rotatable bonds is 3. The first-order valence-corrected chi connectivity index (χ1v) is 5.14. The van der Waals surface area contributed by atoms with E-state index < -0.39 is 17.8 Å². The zero-order valence-electron chi connectivity index (χ0n) is 9.48. The molecule has 0 atom stereocenters. The number of phenolic OH excluding ortho intramolecular Hbond substituents is 1. The van der Waals surface area contributed by atoms with Gasteiger partial charge in [0.15, 0.2) is 5.69 Å². The van der Waals surface area contributed by atoms with E-state index in [4.69, 9.17) is 9.84 Å². The van der Waals surface area contributed by atoms with Crippen LogP contribution < -0.4 is 4.74 Å². The lowest BCUT2D eigenvalue weighted by molar-refractivity contribution is 0.0682. The third kappa shape index (κ3) is 3.03. The van der Waals surface area contributed by atoms with E-state index in [1.165, 1.54) is 30.3 Å². The molecule has 0 aliphatic heterocycles. The van der Waals surface area contributed by atoms with Gasteiger partial charge in [-0.25, -0.2) is 19.6 Å². The highest BCUT2D eigenvalue weighted by Gasteiger charge is 2.14. The molecule has 0 unspecified atom stereocenters. The topological polar surface area (TPSA) is 110 Å². The second kappa shape index (κ2) is 5.13. The lowest BCUT2D eigenvalue weighted by atomic mass is 10.3. The van der Waals surface area contributed by atoms with Crippen LogP contribution in [0.4, 0.5) is 0 Å². The fourth-order valence-corrected chi connectivity index (χ4v) is 1.28. The summed E-state index contributed by atoms with van der Waals surface area (Å²) in [7, 11) is 0. The smallest absolute Gasteiger partial charge is 0.373 e. The third-order valence-corrected chi connectivity index (χ3v) is 2.08. The quantitative estimate of drug-likeness (QED) is 0.628. The van der Waals surface area contributed by atoms with Crippen molar-refractivity contribution >= 4 is 11.9 Å². The second-order valence-corrected chi connectivity index (χ2v) is 3.46. The largest absolute Gasteiger partial charge is 0.508 e. The van der Waals surface area contributed by atoms with Crippen molar-refractivity contribution in [3.05, 3.63) is 48.0 Å². The number of carbonyl (C=O) groups excluding carboxylic acids is 1. The standard InChI is InChI=1S/C12H8N2O5/c15-7-2-1-3-8(6-7)19-12(18)9-4-5-13-10(14-9)11(16)17/h1-6,15H,(H,16,17). The van der Waals surface area contributed by atoms with E-state index in [-0.39, 0.29) is 17.2 Å². The first-order chi connectivity index (χ1) is 9.06. The number of hydrogen-bond donors (Lipinski definition) is 2. The highest BCUT2D eigenvalue weighted by molar-refractivity contribution is 5.90. The summed E-state index contributed by atoms with van der Waals surface area (Å²) in [5.41, 5.74) is -0.184. The van der Waals surface area contributed by atoms with Crippen LogP contribution in [0.3, 0.4) is 0 Å². The summed E-state index contributed by atoms with van der Waals surface area (Å²) in [4.78, 5) is 29.4. The van der Waals surface area contributed by atoms with Crippen LogP contribution in [0, 0.1) is 0 Å². The molecule has 2 aromatic rings. The number of ether oxygens (including phenoxy) is 1. The summed E-state index contributed by atoms with van der Waals surface area (Å²) < 4.78 is 4.93. The monoisotopic (exact) mass is 260 g/mol. The number of aromatic hydroxyl groups is 1. The maximum atomic E-state index is 11.7. The molecule has 7 heteroatoms. The Morgan fingerprint density at radius 1 is 1.21 bits per heavy atom. The van der Waals surface area contributed by atoms with Crippen LogP contribution in [-0.2, 0) is 0 Å². The van der Waals surface area contributed by atoms with Crippen LogP contribution in [0.1, 0.15) is 21.1 Å². The number of aromatic carboxylic acids is 1. The fraction of sp³-hybridized carbons (Fsp3) is 0. The molecule has 0 spiro atoms. The van der Waals surface area contributed by atoms with Crippen LogP contribution in [0.15, 0.2) is 36.5 Å². The molecule has 1 aromatic heterocycles. The molecule has 0 saturated carbocycles. The van der Waals surface area contributed by atoms with E-state index in [2.05, 4.69) is 9.97 Å². The van der Waals surface area contributed by atoms with Crippen molar-refractivity contribution in [3.63, 3.8) is 0 Å². The molecule has 0 radical (unpaired) electrons. The third-order valence-electron chi connectivity index (χ3n) is 2.08. The van der Waals surface area contributed by atoms with E-state index in [0.29, 0.717) is 0 Å². The minimum atomic E-state index is -1.34. The lowest BCUT2D eigenvalue weighted by Gasteiger charge is -2.04. The van der Waals surface area contributed by atoms with Crippen molar-refractivity contribution in [2.45, 2.75) is 0 Å². The van der Waals surface area contributed by atoms with Gasteiger partial charge >= 0.3 is 11.9 Å². The molecule has 0 saturated heterocycles. The molecule has 0 aliphatic carbocycles. The van der Waals surface area contributed by atoms with Gasteiger partial charge in [0.05, 0.1) is 0 Å². The van der Waals surface area contributed by atoms with Crippen molar-refractivity contribution in [1.29, 1.82) is 0 Å². The predicted molar refractivity (Wildman–Crippen MR) is 62.1 cm³/mol. The molecular formula is C12H8N2O5. The minimum Gasteiger partial charge on any atom is -0.508 e. The van der Waals surface area contributed by atoms with E-state index in [9.17, 15) is 14.7 Å². The fourth-order valence-electron chi connectivity index (χ4n) is 1.28. The Morgan fingerprint density at radius 3 is 2.68 bits per heavy atom. The number of esters is 1. The van der Waals surface area contributed by atoms with Crippen LogP contribution in [0.25, 0.3) is 0 Å². The van der Waals surface area contributed by atoms with Gasteiger partial charge in [-0.1, -0.05) is 6.07 Å². The summed E-state index contributed by atoms with van der Waals surface area (Å²) in [6, 6.07) is 6.87. The SMILES string of the molecule is O=C(Oc1cccc(O)c1)c1ccnc(C(=O)O)n1. The van der Waals surface area contributed by atoms with Crippen LogP contribution in [-0.4, -0.2) is 32.1 Å². The predicted octanol–water partition coefficient (Wildman–Crippen LogP) is 1.10. The Labute approximate surface area is 107 Å². The summed E-state index contributed by atoms with van der Waals surface area (Å²) in [5, 5.41) is 17.9.